The summed E-state index contributed by atoms with van der Waals surface area (Å²) in [5.74, 6) is 0. The number of hydrogen-bond donors (Lipinski definition) is 4. The maximum atomic E-state index is 9.84. The Morgan fingerprint density at radius 1 is 1.50 bits per heavy atom. The topological polar surface area (TPSA) is 87.4 Å². The van der Waals surface area contributed by atoms with E-state index in [0.717, 1.165) is 0 Å². The van der Waals surface area contributed by atoms with Crippen LogP contribution in [-0.2, 0) is 0 Å². The number of thiocarbonyl (C=S) groups is 1. The van der Waals surface area contributed by atoms with Gasteiger partial charge in [0.05, 0.1) is 0 Å². The summed E-state index contributed by atoms with van der Waals surface area (Å²) in [6.07, 6.45) is -1.05. The minimum absolute atomic E-state index is 0.173. The van der Waals surface area contributed by atoms with E-state index in [1.165, 1.54) is 0 Å². The fourth-order valence-electron chi connectivity index (χ4n) is 0.355. The molecule has 0 aliphatic rings. The summed E-state index contributed by atoms with van der Waals surface area (Å²) in [6.45, 7) is 0.717. The first-order valence-electron chi connectivity index (χ1n) is 2.63. The molecular formula is C4H9N3O2S. The van der Waals surface area contributed by atoms with Crippen molar-refractivity contribution in [2.75, 3.05) is 13.1 Å². The highest BCUT2D eigenvalue weighted by Gasteiger charge is 1.91. The molecule has 0 rings (SSSR count). The molecule has 0 unspecified atom stereocenters. The van der Waals surface area contributed by atoms with E-state index in [1.54, 1.807) is 0 Å². The number of nitrogens with two attached hydrogens (primary N) is 1. The highest BCUT2D eigenvalue weighted by atomic mass is 32.1. The van der Waals surface area contributed by atoms with Crippen molar-refractivity contribution in [3.8, 4) is 0 Å². The number of rotatable bonds is 3. The van der Waals surface area contributed by atoms with E-state index in [1.807, 2.05) is 0 Å². The molecule has 0 fully saturated rings. The predicted molar refractivity (Wildman–Crippen MR) is 40.8 cm³/mol. The van der Waals surface area contributed by atoms with Crippen molar-refractivity contribution < 1.29 is 9.90 Å². The summed E-state index contributed by atoms with van der Waals surface area (Å²) in [4.78, 5) is 9.84. The van der Waals surface area contributed by atoms with Crippen LogP contribution in [-0.4, -0.2) is 29.4 Å². The maximum absolute atomic E-state index is 9.84. The molecule has 0 spiro atoms. The summed E-state index contributed by atoms with van der Waals surface area (Å²) in [6, 6.07) is 0. The fraction of sp³-hybridized carbons (Fsp3) is 0.500. The second kappa shape index (κ2) is 4.80. The zero-order valence-electron chi connectivity index (χ0n) is 5.26. The van der Waals surface area contributed by atoms with Crippen LogP contribution in [0.4, 0.5) is 4.79 Å². The third kappa shape index (κ3) is 6.96. The normalized spacial score (nSPS) is 8.40. The molecule has 5 nitrogen and oxygen atoms in total. The van der Waals surface area contributed by atoms with Crippen LogP contribution in [0.2, 0.25) is 0 Å². The van der Waals surface area contributed by atoms with Crippen molar-refractivity contribution in [3.05, 3.63) is 0 Å². The van der Waals surface area contributed by atoms with Crippen LogP contribution in [0, 0.1) is 0 Å². The number of hydrogen-bond acceptors (Lipinski definition) is 2. The van der Waals surface area contributed by atoms with E-state index in [-0.39, 0.29) is 5.11 Å². The van der Waals surface area contributed by atoms with Crippen LogP contribution >= 0.6 is 12.2 Å². The van der Waals surface area contributed by atoms with Gasteiger partial charge in [0, 0.05) is 13.1 Å². The van der Waals surface area contributed by atoms with Gasteiger partial charge in [-0.05, 0) is 12.2 Å². The summed E-state index contributed by atoms with van der Waals surface area (Å²) >= 11 is 4.47. The molecular weight excluding hydrogens is 154 g/mol. The molecule has 10 heavy (non-hydrogen) atoms. The zero-order chi connectivity index (χ0) is 7.98. The van der Waals surface area contributed by atoms with Crippen molar-refractivity contribution in [2.45, 2.75) is 0 Å². The van der Waals surface area contributed by atoms with Gasteiger partial charge in [-0.2, -0.15) is 0 Å². The first kappa shape index (κ1) is 8.96. The minimum Gasteiger partial charge on any atom is -0.465 e. The van der Waals surface area contributed by atoms with Crippen LogP contribution in [0.1, 0.15) is 0 Å². The van der Waals surface area contributed by atoms with Gasteiger partial charge in [-0.1, -0.05) is 0 Å². The van der Waals surface area contributed by atoms with Gasteiger partial charge in [-0.25, -0.2) is 4.79 Å². The first-order chi connectivity index (χ1) is 4.63. The van der Waals surface area contributed by atoms with Gasteiger partial charge in [0.25, 0.3) is 0 Å². The van der Waals surface area contributed by atoms with Gasteiger partial charge < -0.3 is 21.5 Å². The minimum atomic E-state index is -1.05. The molecule has 0 saturated heterocycles. The lowest BCUT2D eigenvalue weighted by molar-refractivity contribution is 0.194. The number of carbonyl (C=O) groups is 1. The molecule has 0 aromatic rings. The molecule has 58 valence electrons. The highest BCUT2D eigenvalue weighted by molar-refractivity contribution is 7.80. The first-order valence-corrected chi connectivity index (χ1v) is 3.04. The Morgan fingerprint density at radius 3 is 2.40 bits per heavy atom. The van der Waals surface area contributed by atoms with Crippen LogP contribution < -0.4 is 16.4 Å². The Labute approximate surface area is 63.6 Å². The quantitative estimate of drug-likeness (QED) is 0.319. The molecule has 0 bridgehead atoms. The third-order valence-electron chi connectivity index (χ3n) is 0.700. The molecule has 0 saturated carbocycles. The predicted octanol–water partition coefficient (Wildman–Crippen LogP) is -0.913. The Kier molecular flexibility index (Phi) is 4.30. The molecule has 6 heteroatoms. The van der Waals surface area contributed by atoms with Crippen LogP contribution in [0.3, 0.4) is 0 Å². The smallest absolute Gasteiger partial charge is 0.404 e. The van der Waals surface area contributed by atoms with Crippen LogP contribution in [0.15, 0.2) is 0 Å². The summed E-state index contributed by atoms with van der Waals surface area (Å²) in [5.41, 5.74) is 5.05. The summed E-state index contributed by atoms with van der Waals surface area (Å²) in [5, 5.41) is 13.0. The average Bonchev–Trinajstić information content (AvgIpc) is 1.79. The van der Waals surface area contributed by atoms with E-state index < -0.39 is 6.09 Å². The molecule has 0 atom stereocenters. The van der Waals surface area contributed by atoms with Crippen molar-refractivity contribution in [1.29, 1.82) is 0 Å². The van der Waals surface area contributed by atoms with Crippen molar-refractivity contribution >= 4 is 23.4 Å². The molecule has 0 radical (unpaired) electrons. The van der Waals surface area contributed by atoms with E-state index in [2.05, 4.69) is 22.9 Å². The number of carboxylic acid groups (broad SMARTS) is 1. The van der Waals surface area contributed by atoms with Crippen molar-refractivity contribution in [3.63, 3.8) is 0 Å². The lowest BCUT2D eigenvalue weighted by Gasteiger charge is -2.01. The van der Waals surface area contributed by atoms with Crippen LogP contribution in [0.5, 0.6) is 0 Å². The van der Waals surface area contributed by atoms with Crippen LogP contribution in [0.25, 0.3) is 0 Å². The van der Waals surface area contributed by atoms with Gasteiger partial charge in [0.1, 0.15) is 0 Å². The summed E-state index contributed by atoms with van der Waals surface area (Å²) < 4.78 is 0. The lowest BCUT2D eigenvalue weighted by Crippen LogP contribution is -2.36. The molecule has 0 aromatic carbocycles. The monoisotopic (exact) mass is 163 g/mol. The Morgan fingerprint density at radius 2 is 2.00 bits per heavy atom. The van der Waals surface area contributed by atoms with Gasteiger partial charge in [0.15, 0.2) is 5.11 Å². The zero-order valence-corrected chi connectivity index (χ0v) is 6.07. The van der Waals surface area contributed by atoms with Crippen molar-refractivity contribution in [1.82, 2.24) is 10.6 Å². The summed E-state index contributed by atoms with van der Waals surface area (Å²) in [7, 11) is 0. The number of amides is 1. The molecule has 0 aliphatic heterocycles. The van der Waals surface area contributed by atoms with Gasteiger partial charge in [-0.15, -0.1) is 0 Å². The largest absolute Gasteiger partial charge is 0.465 e. The van der Waals surface area contributed by atoms with E-state index in [9.17, 15) is 4.79 Å². The molecule has 0 aliphatic carbocycles. The molecule has 0 heterocycles. The van der Waals surface area contributed by atoms with Gasteiger partial charge in [0.2, 0.25) is 0 Å². The average molecular weight is 163 g/mol. The fourth-order valence-corrected chi connectivity index (χ4v) is 0.457. The second-order valence-corrected chi connectivity index (χ2v) is 1.96. The Bertz CT molecular complexity index is 122. The Balaban J connectivity index is 3.06. The van der Waals surface area contributed by atoms with Gasteiger partial charge >= 0.3 is 6.09 Å². The van der Waals surface area contributed by atoms with Crippen molar-refractivity contribution in [2.24, 2.45) is 5.73 Å². The van der Waals surface area contributed by atoms with E-state index in [0.29, 0.717) is 13.1 Å². The van der Waals surface area contributed by atoms with E-state index in [4.69, 9.17) is 10.8 Å². The molecule has 0 aromatic heterocycles. The highest BCUT2D eigenvalue weighted by Crippen LogP contribution is 1.61. The second-order valence-electron chi connectivity index (χ2n) is 1.52. The number of nitrogens with one attached hydrogen (secondary N) is 2. The third-order valence-corrected chi connectivity index (χ3v) is 0.845. The Hall–Kier alpha value is -1.04. The van der Waals surface area contributed by atoms with E-state index >= 15 is 0 Å². The SMILES string of the molecule is NC(=S)NCCNC(=O)O. The maximum Gasteiger partial charge on any atom is 0.404 e. The van der Waals surface area contributed by atoms with Gasteiger partial charge in [-0.3, -0.25) is 0 Å². The molecule has 1 amide bonds. The standard InChI is InChI=1S/C4H9N3O2S/c5-3(10)6-1-2-7-4(8)9/h7H,1-2H2,(H,8,9)(H3,5,6,10). The lowest BCUT2D eigenvalue weighted by atomic mass is 10.6. The molecule has 5 N–H and O–H groups in total.